The second-order valence-corrected chi connectivity index (χ2v) is 3.30. The highest BCUT2D eigenvalue weighted by Crippen LogP contribution is 2.19. The average Bonchev–Trinajstić information content (AvgIpc) is 2.32. The van der Waals surface area contributed by atoms with Gasteiger partial charge in [-0.2, -0.15) is 0 Å². The van der Waals surface area contributed by atoms with Gasteiger partial charge in [-0.15, -0.1) is 0 Å². The van der Waals surface area contributed by atoms with E-state index in [1.165, 1.54) is 12.3 Å². The number of pyridine rings is 1. The van der Waals surface area contributed by atoms with Gasteiger partial charge in [-0.1, -0.05) is 6.58 Å². The van der Waals surface area contributed by atoms with Crippen LogP contribution in [0, 0.1) is 11.6 Å². The first-order valence-corrected chi connectivity index (χ1v) is 4.66. The summed E-state index contributed by atoms with van der Waals surface area (Å²) in [7, 11) is 0. The molecule has 2 aromatic rings. The normalized spacial score (nSPS) is 10.2. The average molecular weight is 234 g/mol. The van der Waals surface area contributed by atoms with Crippen LogP contribution in [-0.4, -0.2) is 15.0 Å². The van der Waals surface area contributed by atoms with Gasteiger partial charge in [-0.3, -0.25) is 4.98 Å². The van der Waals surface area contributed by atoms with E-state index in [2.05, 4.69) is 21.5 Å². The summed E-state index contributed by atoms with van der Waals surface area (Å²) in [6, 6.07) is 1.23. The molecule has 0 radical (unpaired) electrons. The Morgan fingerprint density at radius 2 is 2.00 bits per heavy atom. The van der Waals surface area contributed by atoms with Crippen molar-refractivity contribution in [1.82, 2.24) is 15.0 Å². The Hall–Kier alpha value is -2.37. The monoisotopic (exact) mass is 234 g/mol. The van der Waals surface area contributed by atoms with E-state index >= 15 is 0 Å². The van der Waals surface area contributed by atoms with Gasteiger partial charge in [-0.25, -0.2) is 18.7 Å². The Balaban J connectivity index is 2.40. The molecule has 0 amide bonds. The van der Waals surface area contributed by atoms with Gasteiger partial charge >= 0.3 is 0 Å². The van der Waals surface area contributed by atoms with Crippen molar-refractivity contribution in [3.63, 3.8) is 0 Å². The van der Waals surface area contributed by atoms with Gasteiger partial charge < -0.3 is 5.73 Å². The van der Waals surface area contributed by atoms with Crippen LogP contribution in [0.25, 0.3) is 5.57 Å². The number of hydrogen-bond donors (Lipinski definition) is 1. The third kappa shape index (κ3) is 2.25. The quantitative estimate of drug-likeness (QED) is 0.860. The molecule has 0 aromatic carbocycles. The molecule has 0 spiro atoms. The Morgan fingerprint density at radius 3 is 2.65 bits per heavy atom. The fraction of sp³-hybridized carbons (Fsp3) is 0. The minimum Gasteiger partial charge on any atom is -0.381 e. The second kappa shape index (κ2) is 4.25. The van der Waals surface area contributed by atoms with E-state index in [0.29, 0.717) is 11.1 Å². The van der Waals surface area contributed by atoms with E-state index in [4.69, 9.17) is 5.73 Å². The van der Waals surface area contributed by atoms with Crippen LogP contribution in [0.5, 0.6) is 0 Å². The van der Waals surface area contributed by atoms with Crippen molar-refractivity contribution >= 4 is 11.4 Å². The van der Waals surface area contributed by atoms with Crippen LogP contribution < -0.4 is 5.73 Å². The molecule has 0 bridgehead atoms. The molecule has 86 valence electrons. The standard InChI is InChI=1S/C11H8F2N4/c1-6(7-2-8(12)4-15-3-7)11-16-5-9(13)10(14)17-11/h2-5H,1H2,(H2,14,16,17). The lowest BCUT2D eigenvalue weighted by molar-refractivity contribution is 0.618. The van der Waals surface area contributed by atoms with Crippen LogP contribution in [0.3, 0.4) is 0 Å². The minimum atomic E-state index is -0.709. The van der Waals surface area contributed by atoms with Crippen molar-refractivity contribution in [3.05, 3.63) is 54.3 Å². The maximum absolute atomic E-state index is 13.0. The number of hydrogen-bond acceptors (Lipinski definition) is 4. The second-order valence-electron chi connectivity index (χ2n) is 3.30. The molecule has 0 saturated heterocycles. The Kier molecular flexibility index (Phi) is 2.78. The number of aromatic nitrogens is 3. The number of rotatable bonds is 2. The van der Waals surface area contributed by atoms with Crippen LogP contribution in [0.4, 0.5) is 14.6 Å². The molecule has 0 aliphatic rings. The summed E-state index contributed by atoms with van der Waals surface area (Å²) < 4.78 is 25.8. The topological polar surface area (TPSA) is 64.7 Å². The van der Waals surface area contributed by atoms with Gasteiger partial charge in [0.05, 0.1) is 12.4 Å². The van der Waals surface area contributed by atoms with Gasteiger partial charge in [0.2, 0.25) is 0 Å². The molecule has 0 saturated carbocycles. The Labute approximate surface area is 95.9 Å². The molecule has 0 atom stereocenters. The van der Waals surface area contributed by atoms with Crippen LogP contribution in [0.2, 0.25) is 0 Å². The van der Waals surface area contributed by atoms with E-state index in [-0.39, 0.29) is 11.6 Å². The third-order valence-electron chi connectivity index (χ3n) is 2.09. The molecule has 0 aliphatic heterocycles. The van der Waals surface area contributed by atoms with Gasteiger partial charge in [0.15, 0.2) is 17.5 Å². The lowest BCUT2D eigenvalue weighted by Crippen LogP contribution is -2.02. The molecule has 0 aliphatic carbocycles. The van der Waals surface area contributed by atoms with Crippen molar-refractivity contribution in [3.8, 4) is 0 Å². The lowest BCUT2D eigenvalue weighted by atomic mass is 10.1. The first-order valence-electron chi connectivity index (χ1n) is 4.66. The molecule has 2 rings (SSSR count). The van der Waals surface area contributed by atoms with Crippen LogP contribution >= 0.6 is 0 Å². The molecule has 2 heterocycles. The fourth-order valence-electron chi connectivity index (χ4n) is 1.23. The van der Waals surface area contributed by atoms with Gasteiger partial charge in [0.1, 0.15) is 5.82 Å². The summed E-state index contributed by atoms with van der Waals surface area (Å²) in [6.07, 6.45) is 3.42. The number of nitrogens with zero attached hydrogens (tertiary/aromatic N) is 3. The van der Waals surface area contributed by atoms with Crippen LogP contribution in [0.1, 0.15) is 11.4 Å². The molecule has 17 heavy (non-hydrogen) atoms. The molecular weight excluding hydrogens is 226 g/mol. The highest BCUT2D eigenvalue weighted by atomic mass is 19.1. The van der Waals surface area contributed by atoms with Crippen molar-refractivity contribution < 1.29 is 8.78 Å². The first kappa shape index (κ1) is 11.1. The zero-order valence-electron chi connectivity index (χ0n) is 8.69. The van der Waals surface area contributed by atoms with Gasteiger partial charge in [0.25, 0.3) is 0 Å². The van der Waals surface area contributed by atoms with E-state index in [9.17, 15) is 8.78 Å². The molecule has 0 unspecified atom stereocenters. The highest BCUT2D eigenvalue weighted by Gasteiger charge is 2.09. The summed E-state index contributed by atoms with van der Waals surface area (Å²) in [6.45, 7) is 3.70. The fourth-order valence-corrected chi connectivity index (χ4v) is 1.23. The zero-order valence-corrected chi connectivity index (χ0v) is 8.69. The van der Waals surface area contributed by atoms with Gasteiger partial charge in [-0.05, 0) is 6.07 Å². The Morgan fingerprint density at radius 1 is 1.24 bits per heavy atom. The van der Waals surface area contributed by atoms with Crippen molar-refractivity contribution in [2.45, 2.75) is 0 Å². The number of anilines is 1. The van der Waals surface area contributed by atoms with Gasteiger partial charge in [0, 0.05) is 17.3 Å². The molecule has 2 aromatic heterocycles. The molecule has 0 fully saturated rings. The zero-order chi connectivity index (χ0) is 12.4. The summed E-state index contributed by atoms with van der Waals surface area (Å²) >= 11 is 0. The molecule has 6 heteroatoms. The number of nitrogens with two attached hydrogens (primary N) is 1. The first-order chi connectivity index (χ1) is 8.08. The molecule has 2 N–H and O–H groups in total. The maximum atomic E-state index is 13.0. The van der Waals surface area contributed by atoms with Crippen molar-refractivity contribution in [2.24, 2.45) is 0 Å². The van der Waals surface area contributed by atoms with E-state index in [1.807, 2.05) is 0 Å². The number of nitrogen functional groups attached to an aromatic ring is 1. The van der Waals surface area contributed by atoms with E-state index in [0.717, 1.165) is 12.4 Å². The van der Waals surface area contributed by atoms with Crippen molar-refractivity contribution in [1.29, 1.82) is 0 Å². The van der Waals surface area contributed by atoms with E-state index in [1.54, 1.807) is 0 Å². The number of halogens is 2. The van der Waals surface area contributed by atoms with Crippen LogP contribution in [0.15, 0.2) is 31.2 Å². The Bertz CT molecular complexity index is 583. The third-order valence-corrected chi connectivity index (χ3v) is 2.09. The summed E-state index contributed by atoms with van der Waals surface area (Å²) in [4.78, 5) is 11.1. The van der Waals surface area contributed by atoms with Crippen molar-refractivity contribution in [2.75, 3.05) is 5.73 Å². The minimum absolute atomic E-state index is 0.135. The van der Waals surface area contributed by atoms with E-state index < -0.39 is 11.6 Å². The molecular formula is C11H8F2N4. The summed E-state index contributed by atoms with van der Waals surface area (Å²) in [5, 5.41) is 0. The smallest absolute Gasteiger partial charge is 0.183 e. The lowest BCUT2D eigenvalue weighted by Gasteiger charge is -2.05. The SMILES string of the molecule is C=C(c1cncc(F)c1)c1ncc(F)c(N)n1. The highest BCUT2D eigenvalue weighted by molar-refractivity contribution is 5.74. The largest absolute Gasteiger partial charge is 0.381 e. The molecule has 4 nitrogen and oxygen atoms in total. The van der Waals surface area contributed by atoms with Crippen LogP contribution in [-0.2, 0) is 0 Å². The summed E-state index contributed by atoms with van der Waals surface area (Å²) in [5.41, 5.74) is 6.05. The predicted molar refractivity (Wildman–Crippen MR) is 58.7 cm³/mol. The maximum Gasteiger partial charge on any atom is 0.183 e. The summed E-state index contributed by atoms with van der Waals surface area (Å²) in [5.74, 6) is -1.35. The predicted octanol–water partition coefficient (Wildman–Crippen LogP) is 1.79.